The first kappa shape index (κ1) is 17.4. The van der Waals surface area contributed by atoms with E-state index in [1.807, 2.05) is 56.3 Å². The molecule has 0 saturated heterocycles. The Bertz CT molecular complexity index is 923. The summed E-state index contributed by atoms with van der Waals surface area (Å²) in [5.74, 6) is 0.928. The molecule has 26 heavy (non-hydrogen) atoms. The first-order valence-corrected chi connectivity index (χ1v) is 8.17. The topological polar surface area (TPSA) is 76.1 Å². The van der Waals surface area contributed by atoms with Crippen LogP contribution in [-0.2, 0) is 0 Å². The van der Waals surface area contributed by atoms with Crippen LogP contribution in [0.1, 0.15) is 21.6 Å². The molecule has 3 rings (SSSR count). The second-order valence-electron chi connectivity index (χ2n) is 5.88. The lowest BCUT2D eigenvalue weighted by Crippen LogP contribution is -2.15. The van der Waals surface area contributed by atoms with Gasteiger partial charge in [-0.3, -0.25) is 4.79 Å². The maximum atomic E-state index is 12.4. The van der Waals surface area contributed by atoms with E-state index in [0.29, 0.717) is 11.6 Å². The summed E-state index contributed by atoms with van der Waals surface area (Å²) in [5.41, 5.74) is 3.93. The highest BCUT2D eigenvalue weighted by atomic mass is 16.5. The number of anilines is 3. The van der Waals surface area contributed by atoms with Gasteiger partial charge in [-0.15, -0.1) is 0 Å². The van der Waals surface area contributed by atoms with Gasteiger partial charge in [-0.05, 0) is 37.6 Å². The molecule has 2 N–H and O–H groups in total. The summed E-state index contributed by atoms with van der Waals surface area (Å²) in [4.78, 5) is 20.8. The number of rotatable bonds is 5. The fourth-order valence-electron chi connectivity index (χ4n) is 2.54. The van der Waals surface area contributed by atoms with Crippen molar-refractivity contribution < 1.29 is 9.53 Å². The van der Waals surface area contributed by atoms with Crippen molar-refractivity contribution in [1.82, 2.24) is 9.97 Å². The third-order valence-corrected chi connectivity index (χ3v) is 3.88. The molecule has 1 aromatic heterocycles. The Morgan fingerprint density at radius 1 is 1.00 bits per heavy atom. The first-order chi connectivity index (χ1) is 12.6. The molecule has 6 nitrogen and oxygen atoms in total. The molecule has 0 bridgehead atoms. The molecule has 0 unspecified atom stereocenters. The fraction of sp³-hybridized carbons (Fsp3) is 0.150. The maximum absolute atomic E-state index is 12.4. The van der Waals surface area contributed by atoms with E-state index in [0.717, 1.165) is 22.5 Å². The van der Waals surface area contributed by atoms with Crippen molar-refractivity contribution in [3.8, 4) is 5.75 Å². The molecule has 132 valence electrons. The van der Waals surface area contributed by atoms with Crippen LogP contribution in [0.5, 0.6) is 5.75 Å². The predicted octanol–water partition coefficient (Wildman–Crippen LogP) is 4.10. The van der Waals surface area contributed by atoms with Crippen LogP contribution in [0.4, 0.5) is 17.2 Å². The molecule has 0 saturated carbocycles. The molecule has 0 atom stereocenters. The van der Waals surface area contributed by atoms with Crippen molar-refractivity contribution in [2.75, 3.05) is 17.7 Å². The molecule has 0 aliphatic carbocycles. The molecule has 1 amide bonds. The van der Waals surface area contributed by atoms with Gasteiger partial charge < -0.3 is 15.4 Å². The summed E-state index contributed by atoms with van der Waals surface area (Å²) < 4.78 is 5.29. The zero-order valence-corrected chi connectivity index (χ0v) is 14.9. The van der Waals surface area contributed by atoms with Crippen LogP contribution >= 0.6 is 0 Å². The molecule has 3 aromatic rings. The SMILES string of the molecule is COc1ccccc1Nc1cnc(C(=O)Nc2ccc(C)cc2C)cn1. The van der Waals surface area contributed by atoms with Gasteiger partial charge >= 0.3 is 0 Å². The number of hydrogen-bond donors (Lipinski definition) is 2. The predicted molar refractivity (Wildman–Crippen MR) is 102 cm³/mol. The molecular weight excluding hydrogens is 328 g/mol. The number of ether oxygens (including phenoxy) is 1. The molecule has 0 fully saturated rings. The number of aromatic nitrogens is 2. The third kappa shape index (κ3) is 3.97. The summed E-state index contributed by atoms with van der Waals surface area (Å²) in [6, 6.07) is 13.4. The van der Waals surface area contributed by atoms with Crippen LogP contribution < -0.4 is 15.4 Å². The highest BCUT2D eigenvalue weighted by molar-refractivity contribution is 6.03. The van der Waals surface area contributed by atoms with Crippen LogP contribution in [0, 0.1) is 13.8 Å². The van der Waals surface area contributed by atoms with Gasteiger partial charge in [0.15, 0.2) is 0 Å². The summed E-state index contributed by atoms with van der Waals surface area (Å²) in [7, 11) is 1.60. The van der Waals surface area contributed by atoms with Gasteiger partial charge in [-0.2, -0.15) is 0 Å². The highest BCUT2D eigenvalue weighted by Gasteiger charge is 2.11. The Balaban J connectivity index is 1.71. The summed E-state index contributed by atoms with van der Waals surface area (Å²) in [6.45, 7) is 3.96. The number of aryl methyl sites for hydroxylation is 2. The second kappa shape index (κ2) is 7.65. The van der Waals surface area contributed by atoms with E-state index in [4.69, 9.17) is 4.74 Å². The van der Waals surface area contributed by atoms with Gasteiger partial charge in [-0.25, -0.2) is 9.97 Å². The minimum absolute atomic E-state index is 0.246. The van der Waals surface area contributed by atoms with Crippen LogP contribution in [0.3, 0.4) is 0 Å². The van der Waals surface area contributed by atoms with Crippen molar-refractivity contribution >= 4 is 23.1 Å². The summed E-state index contributed by atoms with van der Waals surface area (Å²) in [6.07, 6.45) is 2.96. The molecule has 0 radical (unpaired) electrons. The van der Waals surface area contributed by atoms with Crippen molar-refractivity contribution in [1.29, 1.82) is 0 Å². The monoisotopic (exact) mass is 348 g/mol. The van der Waals surface area contributed by atoms with Crippen LogP contribution in [0.2, 0.25) is 0 Å². The molecule has 6 heteroatoms. The van der Waals surface area contributed by atoms with E-state index in [2.05, 4.69) is 20.6 Å². The lowest BCUT2D eigenvalue weighted by atomic mass is 10.1. The van der Waals surface area contributed by atoms with E-state index in [1.165, 1.54) is 12.4 Å². The lowest BCUT2D eigenvalue weighted by Gasteiger charge is -2.11. The molecular formula is C20H20N4O2. The smallest absolute Gasteiger partial charge is 0.275 e. The minimum Gasteiger partial charge on any atom is -0.495 e. The zero-order valence-electron chi connectivity index (χ0n) is 14.9. The van der Waals surface area contributed by atoms with Crippen molar-refractivity contribution in [3.05, 3.63) is 71.7 Å². The third-order valence-electron chi connectivity index (χ3n) is 3.88. The largest absolute Gasteiger partial charge is 0.495 e. The average molecular weight is 348 g/mol. The van der Waals surface area contributed by atoms with Gasteiger partial charge in [0, 0.05) is 5.69 Å². The number of methoxy groups -OCH3 is 1. The Morgan fingerprint density at radius 3 is 2.50 bits per heavy atom. The molecule has 1 heterocycles. The second-order valence-corrected chi connectivity index (χ2v) is 5.88. The molecule has 2 aromatic carbocycles. The van der Waals surface area contributed by atoms with E-state index in [1.54, 1.807) is 7.11 Å². The lowest BCUT2D eigenvalue weighted by molar-refractivity contribution is 0.102. The van der Waals surface area contributed by atoms with Gasteiger partial charge in [0.2, 0.25) is 0 Å². The number of para-hydroxylation sites is 2. The van der Waals surface area contributed by atoms with E-state index >= 15 is 0 Å². The zero-order chi connectivity index (χ0) is 18.5. The normalized spacial score (nSPS) is 10.3. The van der Waals surface area contributed by atoms with Crippen LogP contribution in [-0.4, -0.2) is 23.0 Å². The van der Waals surface area contributed by atoms with E-state index < -0.39 is 0 Å². The standard InChI is InChI=1S/C20H20N4O2/c1-13-8-9-15(14(2)10-13)24-20(25)17-11-22-19(12-21-17)23-16-6-4-5-7-18(16)26-3/h4-12H,1-3H3,(H,22,23)(H,24,25). The van der Waals surface area contributed by atoms with Crippen molar-refractivity contribution in [3.63, 3.8) is 0 Å². The Morgan fingerprint density at radius 2 is 1.81 bits per heavy atom. The van der Waals surface area contributed by atoms with Crippen molar-refractivity contribution in [2.45, 2.75) is 13.8 Å². The minimum atomic E-state index is -0.298. The average Bonchev–Trinajstić information content (AvgIpc) is 2.65. The number of nitrogens with zero attached hydrogens (tertiary/aromatic N) is 2. The van der Waals surface area contributed by atoms with Crippen LogP contribution in [0.25, 0.3) is 0 Å². The molecule has 0 spiro atoms. The van der Waals surface area contributed by atoms with Gasteiger partial charge in [0.1, 0.15) is 17.3 Å². The van der Waals surface area contributed by atoms with Crippen LogP contribution in [0.15, 0.2) is 54.9 Å². The van der Waals surface area contributed by atoms with Gasteiger partial charge in [0.25, 0.3) is 5.91 Å². The summed E-state index contributed by atoms with van der Waals surface area (Å²) in [5, 5.41) is 5.98. The Labute approximate surface area is 152 Å². The first-order valence-electron chi connectivity index (χ1n) is 8.17. The number of carbonyl (C=O) groups excluding carboxylic acids is 1. The van der Waals surface area contributed by atoms with Gasteiger partial charge in [0.05, 0.1) is 25.2 Å². The fourth-order valence-corrected chi connectivity index (χ4v) is 2.54. The maximum Gasteiger partial charge on any atom is 0.275 e. The van der Waals surface area contributed by atoms with E-state index in [-0.39, 0.29) is 11.6 Å². The number of nitrogens with one attached hydrogen (secondary N) is 2. The van der Waals surface area contributed by atoms with E-state index in [9.17, 15) is 4.79 Å². The number of amides is 1. The Hall–Kier alpha value is -3.41. The number of benzene rings is 2. The quantitative estimate of drug-likeness (QED) is 0.726. The number of carbonyl (C=O) groups is 1. The molecule has 0 aliphatic rings. The Kier molecular flexibility index (Phi) is 5.12. The number of hydrogen-bond acceptors (Lipinski definition) is 5. The summed E-state index contributed by atoms with van der Waals surface area (Å²) >= 11 is 0. The molecule has 0 aliphatic heterocycles. The van der Waals surface area contributed by atoms with Gasteiger partial charge in [-0.1, -0.05) is 29.8 Å². The highest BCUT2D eigenvalue weighted by Crippen LogP contribution is 2.25. The van der Waals surface area contributed by atoms with Crippen molar-refractivity contribution in [2.24, 2.45) is 0 Å².